The molecule has 0 unspecified atom stereocenters. The minimum Gasteiger partial charge on any atom is -0.508 e. The number of aldehydes is 1. The monoisotopic (exact) mass is 400 g/mol. The van der Waals surface area contributed by atoms with Gasteiger partial charge in [0, 0.05) is 24.2 Å². The van der Waals surface area contributed by atoms with Crippen molar-refractivity contribution in [2.45, 2.75) is 51.7 Å². The highest BCUT2D eigenvalue weighted by Gasteiger charge is 2.73. The summed E-state index contributed by atoms with van der Waals surface area (Å²) in [5.41, 5.74) is -0.286. The Morgan fingerprint density at radius 3 is 2.62 bits per heavy atom. The zero-order valence-corrected chi connectivity index (χ0v) is 17.3. The van der Waals surface area contributed by atoms with Gasteiger partial charge in [0.2, 0.25) is 0 Å². The average Bonchev–Trinajstić information content (AvgIpc) is 3.00. The van der Waals surface area contributed by atoms with Crippen LogP contribution in [-0.2, 0) is 14.3 Å². The predicted octanol–water partition coefficient (Wildman–Crippen LogP) is 3.53. The number of aryl methyl sites for hydroxylation is 1. The van der Waals surface area contributed by atoms with Crippen molar-refractivity contribution >= 4 is 12.3 Å². The molecule has 0 spiro atoms. The number of phenols is 2. The fraction of sp³-hybridized carbons (Fsp3) is 0.565. The first-order valence-electron chi connectivity index (χ1n) is 10.1. The number of carbonyl (C=O) groups is 2. The maximum absolute atomic E-state index is 12.9. The number of hydrogen-bond donors (Lipinski definition) is 2. The van der Waals surface area contributed by atoms with Crippen LogP contribution in [0, 0.1) is 30.1 Å². The Labute approximate surface area is 170 Å². The SMILES string of the molecule is CO[C@]12C(C=O)=C[C@@H]3C[C@@H](C)C[C@H]3[C@@]1(C)C[C@H]2OC(=O)c1c(C)cc(O)cc1O. The van der Waals surface area contributed by atoms with E-state index in [0.717, 1.165) is 25.2 Å². The highest BCUT2D eigenvalue weighted by molar-refractivity contribution is 5.94. The molecule has 156 valence electrons. The van der Waals surface area contributed by atoms with Crippen molar-refractivity contribution in [1.29, 1.82) is 0 Å². The van der Waals surface area contributed by atoms with E-state index in [4.69, 9.17) is 9.47 Å². The van der Waals surface area contributed by atoms with Crippen molar-refractivity contribution in [2.75, 3.05) is 7.11 Å². The van der Waals surface area contributed by atoms with Crippen LogP contribution in [0.25, 0.3) is 0 Å². The molecule has 0 amide bonds. The number of fused-ring (bicyclic) bond motifs is 3. The maximum atomic E-state index is 12.9. The molecule has 4 rings (SSSR count). The number of carbonyl (C=O) groups excluding carboxylic acids is 2. The average molecular weight is 400 g/mol. The standard InChI is InChI=1S/C23H28O6/c1-12-5-14-8-15(11-24)23(28-4)19(10-22(23,3)17(14)6-12)29-21(27)20-13(2)7-16(25)9-18(20)26/h7-9,11-12,14,17,19,25-26H,5-6,10H2,1-4H3/t12-,14+,17-,19-,22-,23+/m1/s1. The zero-order valence-electron chi connectivity index (χ0n) is 17.3. The van der Waals surface area contributed by atoms with E-state index in [1.165, 1.54) is 6.07 Å². The second-order valence-corrected chi connectivity index (χ2v) is 9.20. The Kier molecular flexibility index (Phi) is 4.53. The van der Waals surface area contributed by atoms with E-state index in [0.29, 0.717) is 35.3 Å². The fourth-order valence-corrected chi connectivity index (χ4v) is 6.40. The third-order valence-electron chi connectivity index (χ3n) is 7.60. The number of phenolic OH excluding ortho intramolecular Hbond substituents is 2. The van der Waals surface area contributed by atoms with E-state index >= 15 is 0 Å². The molecule has 2 saturated carbocycles. The summed E-state index contributed by atoms with van der Waals surface area (Å²) < 4.78 is 11.8. The number of aromatic hydroxyl groups is 2. The molecular formula is C23H28O6. The molecular weight excluding hydrogens is 372 g/mol. The minimum atomic E-state index is -0.976. The molecule has 6 heteroatoms. The molecule has 3 aliphatic rings. The quantitative estimate of drug-likeness (QED) is 0.593. The third-order valence-corrected chi connectivity index (χ3v) is 7.60. The second-order valence-electron chi connectivity index (χ2n) is 9.20. The highest BCUT2D eigenvalue weighted by Crippen LogP contribution is 2.68. The molecule has 1 aromatic carbocycles. The largest absolute Gasteiger partial charge is 0.508 e. The van der Waals surface area contributed by atoms with Gasteiger partial charge in [-0.15, -0.1) is 0 Å². The minimum absolute atomic E-state index is 0.0162. The van der Waals surface area contributed by atoms with Crippen LogP contribution in [0.3, 0.4) is 0 Å². The lowest BCUT2D eigenvalue weighted by Gasteiger charge is -2.66. The molecule has 2 fully saturated rings. The summed E-state index contributed by atoms with van der Waals surface area (Å²) in [6, 6.07) is 2.51. The van der Waals surface area contributed by atoms with Gasteiger partial charge in [-0.05, 0) is 55.6 Å². The summed E-state index contributed by atoms with van der Waals surface area (Å²) in [6.45, 7) is 5.99. The summed E-state index contributed by atoms with van der Waals surface area (Å²) >= 11 is 0. The van der Waals surface area contributed by atoms with E-state index in [-0.39, 0.29) is 22.5 Å². The Balaban J connectivity index is 1.68. The van der Waals surface area contributed by atoms with Crippen LogP contribution in [0.4, 0.5) is 0 Å². The van der Waals surface area contributed by atoms with Gasteiger partial charge in [0.1, 0.15) is 35.1 Å². The molecule has 0 aliphatic heterocycles. The first-order valence-corrected chi connectivity index (χ1v) is 10.1. The van der Waals surface area contributed by atoms with Gasteiger partial charge < -0.3 is 19.7 Å². The smallest absolute Gasteiger partial charge is 0.342 e. The van der Waals surface area contributed by atoms with Gasteiger partial charge in [-0.2, -0.15) is 0 Å². The third kappa shape index (κ3) is 2.58. The Morgan fingerprint density at radius 1 is 1.28 bits per heavy atom. The van der Waals surface area contributed by atoms with Gasteiger partial charge in [-0.3, -0.25) is 4.79 Å². The summed E-state index contributed by atoms with van der Waals surface area (Å²) in [5, 5.41) is 19.7. The van der Waals surface area contributed by atoms with Crippen molar-refractivity contribution in [3.63, 3.8) is 0 Å². The van der Waals surface area contributed by atoms with Crippen molar-refractivity contribution < 1.29 is 29.3 Å². The maximum Gasteiger partial charge on any atom is 0.342 e. The Bertz CT molecular complexity index is 882. The van der Waals surface area contributed by atoms with E-state index in [1.54, 1.807) is 14.0 Å². The van der Waals surface area contributed by atoms with Crippen molar-refractivity contribution in [3.05, 3.63) is 34.9 Å². The van der Waals surface area contributed by atoms with Crippen LogP contribution >= 0.6 is 0 Å². The fourth-order valence-electron chi connectivity index (χ4n) is 6.40. The Hall–Kier alpha value is -2.34. The number of methoxy groups -OCH3 is 1. The number of rotatable bonds is 4. The lowest BCUT2D eigenvalue weighted by molar-refractivity contribution is -0.258. The van der Waals surface area contributed by atoms with Gasteiger partial charge in [0.25, 0.3) is 0 Å². The number of ether oxygens (including phenoxy) is 2. The van der Waals surface area contributed by atoms with Gasteiger partial charge in [0.15, 0.2) is 0 Å². The van der Waals surface area contributed by atoms with E-state index in [9.17, 15) is 19.8 Å². The van der Waals surface area contributed by atoms with E-state index < -0.39 is 17.7 Å². The molecule has 0 saturated heterocycles. The van der Waals surface area contributed by atoms with Gasteiger partial charge in [0.05, 0.1) is 0 Å². The van der Waals surface area contributed by atoms with E-state index in [2.05, 4.69) is 13.8 Å². The number of esters is 1. The van der Waals surface area contributed by atoms with Gasteiger partial charge in [-0.1, -0.05) is 19.9 Å². The zero-order chi connectivity index (χ0) is 21.1. The van der Waals surface area contributed by atoms with Crippen LogP contribution in [0.15, 0.2) is 23.8 Å². The molecule has 0 heterocycles. The van der Waals surface area contributed by atoms with Crippen LogP contribution in [0.1, 0.15) is 49.0 Å². The molecule has 0 radical (unpaired) electrons. The summed E-state index contributed by atoms with van der Waals surface area (Å²) in [6.07, 6.45) is 4.96. The molecule has 2 N–H and O–H groups in total. The van der Waals surface area contributed by atoms with Crippen molar-refractivity contribution in [1.82, 2.24) is 0 Å². The summed E-state index contributed by atoms with van der Waals surface area (Å²) in [5.74, 6) is 0.160. The molecule has 29 heavy (non-hydrogen) atoms. The first kappa shape index (κ1) is 20.0. The van der Waals surface area contributed by atoms with Crippen LogP contribution in [-0.4, -0.2) is 41.3 Å². The topological polar surface area (TPSA) is 93.1 Å². The normalized spacial score (nSPS) is 37.7. The first-order chi connectivity index (χ1) is 13.7. The van der Waals surface area contributed by atoms with Gasteiger partial charge >= 0.3 is 5.97 Å². The number of benzene rings is 1. The number of hydrogen-bond acceptors (Lipinski definition) is 6. The van der Waals surface area contributed by atoms with Crippen LogP contribution in [0.5, 0.6) is 11.5 Å². The number of allylic oxidation sites excluding steroid dienone is 1. The van der Waals surface area contributed by atoms with E-state index in [1.807, 2.05) is 6.08 Å². The lowest BCUT2D eigenvalue weighted by Crippen LogP contribution is -2.73. The van der Waals surface area contributed by atoms with Crippen LogP contribution in [0.2, 0.25) is 0 Å². The molecule has 6 atom stereocenters. The Morgan fingerprint density at radius 2 is 2.00 bits per heavy atom. The summed E-state index contributed by atoms with van der Waals surface area (Å²) in [4.78, 5) is 24.9. The van der Waals surface area contributed by atoms with Gasteiger partial charge in [-0.25, -0.2) is 4.79 Å². The predicted molar refractivity (Wildman–Crippen MR) is 106 cm³/mol. The highest BCUT2D eigenvalue weighted by atomic mass is 16.6. The van der Waals surface area contributed by atoms with Crippen molar-refractivity contribution in [2.24, 2.45) is 23.2 Å². The molecule has 0 aromatic heterocycles. The summed E-state index contributed by atoms with van der Waals surface area (Å²) in [7, 11) is 1.57. The second kappa shape index (κ2) is 6.59. The molecule has 6 nitrogen and oxygen atoms in total. The molecule has 3 aliphatic carbocycles. The van der Waals surface area contributed by atoms with Crippen molar-refractivity contribution in [3.8, 4) is 11.5 Å². The molecule has 1 aromatic rings. The van der Waals surface area contributed by atoms with Crippen LogP contribution < -0.4 is 0 Å². The lowest BCUT2D eigenvalue weighted by atomic mass is 9.44. The molecule has 0 bridgehead atoms.